The Morgan fingerprint density at radius 3 is 2.13 bits per heavy atom. The number of ether oxygens (including phenoxy) is 1. The Bertz CT molecular complexity index is 1370. The van der Waals surface area contributed by atoms with E-state index in [2.05, 4.69) is 58.8 Å². The van der Waals surface area contributed by atoms with Crippen LogP contribution in [0.2, 0.25) is 0 Å². The van der Waals surface area contributed by atoms with Crippen molar-refractivity contribution in [1.82, 2.24) is 19.5 Å². The summed E-state index contributed by atoms with van der Waals surface area (Å²) in [7, 11) is 1.71. The molecular formula is C26H22N4O. The Morgan fingerprint density at radius 2 is 1.42 bits per heavy atom. The van der Waals surface area contributed by atoms with E-state index < -0.39 is 0 Å². The van der Waals surface area contributed by atoms with Crippen molar-refractivity contribution in [3.8, 4) is 34.2 Å². The number of nitrogens with zero attached hydrogens (tertiary/aromatic N) is 4. The van der Waals surface area contributed by atoms with E-state index in [-0.39, 0.29) is 0 Å². The second-order valence-corrected chi connectivity index (χ2v) is 7.54. The number of hydrogen-bond acceptors (Lipinski definition) is 4. The average molecular weight is 406 g/mol. The second-order valence-electron chi connectivity index (χ2n) is 7.54. The summed E-state index contributed by atoms with van der Waals surface area (Å²) in [4.78, 5) is 13.5. The maximum absolute atomic E-state index is 5.61. The predicted molar refractivity (Wildman–Crippen MR) is 124 cm³/mol. The van der Waals surface area contributed by atoms with Gasteiger partial charge < -0.3 is 9.30 Å². The van der Waals surface area contributed by atoms with Crippen molar-refractivity contribution in [2.75, 3.05) is 7.11 Å². The fourth-order valence-corrected chi connectivity index (χ4v) is 4.12. The number of rotatable bonds is 4. The smallest absolute Gasteiger partial charge is 0.163 e. The van der Waals surface area contributed by atoms with Crippen LogP contribution in [0.3, 0.4) is 0 Å². The lowest BCUT2D eigenvalue weighted by Gasteiger charge is -2.15. The quantitative estimate of drug-likeness (QED) is 0.380. The number of aryl methyl sites for hydroxylation is 2. The summed E-state index contributed by atoms with van der Waals surface area (Å²) in [6, 6.07) is 22.5. The summed E-state index contributed by atoms with van der Waals surface area (Å²) in [6.45, 7) is 4.23. The molecule has 0 amide bonds. The van der Waals surface area contributed by atoms with Crippen LogP contribution < -0.4 is 4.74 Å². The van der Waals surface area contributed by atoms with Crippen LogP contribution in [0.5, 0.6) is 5.75 Å². The van der Waals surface area contributed by atoms with E-state index in [1.54, 1.807) is 13.4 Å². The first-order chi connectivity index (χ1) is 15.2. The minimum absolute atomic E-state index is 0.668. The van der Waals surface area contributed by atoms with Gasteiger partial charge in [-0.15, -0.1) is 0 Å². The first-order valence-electron chi connectivity index (χ1n) is 10.2. The molecule has 5 nitrogen and oxygen atoms in total. The summed E-state index contributed by atoms with van der Waals surface area (Å²) in [5.41, 5.74) is 6.48. The molecule has 31 heavy (non-hydrogen) atoms. The lowest BCUT2D eigenvalue weighted by atomic mass is 10.0. The maximum atomic E-state index is 5.61. The van der Waals surface area contributed by atoms with Gasteiger partial charge in [-0.1, -0.05) is 42.5 Å². The molecule has 2 aromatic heterocycles. The molecule has 5 heteroatoms. The fraction of sp³-hybridized carbons (Fsp3) is 0.115. The lowest BCUT2D eigenvalue weighted by molar-refractivity contribution is 0.419. The van der Waals surface area contributed by atoms with E-state index in [0.717, 1.165) is 44.6 Å². The summed E-state index contributed by atoms with van der Waals surface area (Å²) in [5.74, 6) is 2.20. The second kappa shape index (κ2) is 7.69. The van der Waals surface area contributed by atoms with Crippen LogP contribution in [0.15, 0.2) is 79.3 Å². The summed E-state index contributed by atoms with van der Waals surface area (Å²) < 4.78 is 7.81. The predicted octanol–water partition coefficient (Wildman–Crippen LogP) is 5.77. The Kier molecular flexibility index (Phi) is 4.71. The molecule has 0 atom stereocenters. The number of hydrogen-bond donors (Lipinski definition) is 0. The molecule has 152 valence electrons. The normalized spacial score (nSPS) is 11.1. The van der Waals surface area contributed by atoms with Crippen molar-refractivity contribution in [1.29, 1.82) is 0 Å². The average Bonchev–Trinajstić information content (AvgIpc) is 3.18. The first kappa shape index (κ1) is 19.0. The zero-order valence-electron chi connectivity index (χ0n) is 17.7. The summed E-state index contributed by atoms with van der Waals surface area (Å²) in [6.07, 6.45) is 3.63. The van der Waals surface area contributed by atoms with Crippen LogP contribution in [-0.2, 0) is 0 Å². The van der Waals surface area contributed by atoms with Gasteiger partial charge in [0.15, 0.2) is 11.6 Å². The van der Waals surface area contributed by atoms with E-state index in [1.165, 1.54) is 0 Å². The molecule has 0 saturated heterocycles. The van der Waals surface area contributed by atoms with Crippen LogP contribution in [0.1, 0.15) is 11.1 Å². The van der Waals surface area contributed by atoms with Gasteiger partial charge in [-0.25, -0.2) is 15.0 Å². The Hall–Kier alpha value is -3.99. The van der Waals surface area contributed by atoms with Gasteiger partial charge in [-0.3, -0.25) is 0 Å². The van der Waals surface area contributed by atoms with Crippen LogP contribution in [-0.4, -0.2) is 26.6 Å². The molecule has 0 aliphatic heterocycles. The van der Waals surface area contributed by atoms with Crippen LogP contribution >= 0.6 is 0 Å². The molecular weight excluding hydrogens is 384 g/mol. The highest BCUT2D eigenvalue weighted by atomic mass is 16.5. The molecule has 5 rings (SSSR count). The Labute approximate surface area is 181 Å². The third-order valence-corrected chi connectivity index (χ3v) is 5.49. The number of aromatic nitrogens is 4. The van der Waals surface area contributed by atoms with E-state index >= 15 is 0 Å². The van der Waals surface area contributed by atoms with Gasteiger partial charge in [-0.2, -0.15) is 0 Å². The molecule has 0 aliphatic carbocycles. The largest absolute Gasteiger partial charge is 0.494 e. The highest BCUT2D eigenvalue weighted by molar-refractivity contribution is 5.89. The molecule has 0 fully saturated rings. The van der Waals surface area contributed by atoms with Gasteiger partial charge in [0.2, 0.25) is 0 Å². The molecule has 0 radical (unpaired) electrons. The highest BCUT2D eigenvalue weighted by Crippen LogP contribution is 2.34. The first-order valence-corrected chi connectivity index (χ1v) is 10.2. The number of benzene rings is 3. The molecule has 0 spiro atoms. The molecule has 0 bridgehead atoms. The van der Waals surface area contributed by atoms with Crippen molar-refractivity contribution in [3.63, 3.8) is 0 Å². The maximum Gasteiger partial charge on any atom is 0.163 e. The third-order valence-electron chi connectivity index (χ3n) is 5.49. The fourth-order valence-electron chi connectivity index (χ4n) is 4.12. The van der Waals surface area contributed by atoms with E-state index in [0.29, 0.717) is 11.6 Å². The SMILES string of the molecule is COc1cn(-c2c(C)cc(-c3ncnc(-c4ccccc4)n3)cc2C)c2ccccc12. The van der Waals surface area contributed by atoms with Crippen LogP contribution in [0.25, 0.3) is 39.4 Å². The van der Waals surface area contributed by atoms with Crippen molar-refractivity contribution in [2.24, 2.45) is 0 Å². The minimum Gasteiger partial charge on any atom is -0.494 e. The van der Waals surface area contributed by atoms with E-state index in [1.807, 2.05) is 42.5 Å². The van der Waals surface area contributed by atoms with Gasteiger partial charge in [0.1, 0.15) is 12.1 Å². The molecule has 5 aromatic rings. The van der Waals surface area contributed by atoms with Crippen LogP contribution in [0.4, 0.5) is 0 Å². The molecule has 0 N–H and O–H groups in total. The van der Waals surface area contributed by atoms with Crippen LogP contribution in [0, 0.1) is 13.8 Å². The van der Waals surface area contributed by atoms with Gasteiger partial charge in [-0.05, 0) is 49.2 Å². The monoisotopic (exact) mass is 406 g/mol. The topological polar surface area (TPSA) is 52.8 Å². The number of para-hydroxylation sites is 1. The van der Waals surface area contributed by atoms with Crippen molar-refractivity contribution >= 4 is 10.9 Å². The molecule has 3 aromatic carbocycles. The third kappa shape index (κ3) is 3.34. The van der Waals surface area contributed by atoms with Gasteiger partial charge in [0.25, 0.3) is 0 Å². The number of fused-ring (bicyclic) bond motifs is 1. The zero-order chi connectivity index (χ0) is 21.4. The Morgan fingerprint density at radius 1 is 0.774 bits per heavy atom. The summed E-state index contributed by atoms with van der Waals surface area (Å²) >= 11 is 0. The lowest BCUT2D eigenvalue weighted by Crippen LogP contribution is -2.01. The zero-order valence-corrected chi connectivity index (χ0v) is 17.7. The molecule has 2 heterocycles. The standard InChI is InChI=1S/C26H22N4O/c1-17-13-20(26-28-16-27-25(29-26)19-9-5-4-6-10-19)14-18(2)24(17)30-15-23(31-3)21-11-7-8-12-22(21)30/h4-16H,1-3H3. The molecule has 0 aliphatic rings. The molecule has 0 unspecified atom stereocenters. The van der Waals surface area contributed by atoms with Crippen molar-refractivity contribution < 1.29 is 4.74 Å². The van der Waals surface area contributed by atoms with Gasteiger partial charge in [0.05, 0.1) is 24.5 Å². The van der Waals surface area contributed by atoms with E-state index in [9.17, 15) is 0 Å². The van der Waals surface area contributed by atoms with Crippen molar-refractivity contribution in [2.45, 2.75) is 13.8 Å². The van der Waals surface area contributed by atoms with E-state index in [4.69, 9.17) is 9.72 Å². The highest BCUT2D eigenvalue weighted by Gasteiger charge is 2.15. The minimum atomic E-state index is 0.668. The van der Waals surface area contributed by atoms with Crippen molar-refractivity contribution in [3.05, 3.63) is 90.4 Å². The van der Waals surface area contributed by atoms with Gasteiger partial charge in [0, 0.05) is 16.5 Å². The Balaban J connectivity index is 1.62. The van der Waals surface area contributed by atoms with Gasteiger partial charge >= 0.3 is 0 Å². The summed E-state index contributed by atoms with van der Waals surface area (Å²) in [5, 5.41) is 1.10. The molecule has 0 saturated carbocycles. The number of methoxy groups -OCH3 is 1.